The molecular formula is C19H22N4O2. The third kappa shape index (κ3) is 3.85. The number of rotatable bonds is 7. The second-order valence-electron chi connectivity index (χ2n) is 5.88. The van der Waals surface area contributed by atoms with Gasteiger partial charge in [0.05, 0.1) is 16.6 Å². The normalized spacial score (nSPS) is 11.0. The molecule has 0 aliphatic rings. The van der Waals surface area contributed by atoms with E-state index < -0.39 is 0 Å². The molecule has 0 aliphatic carbocycles. The minimum atomic E-state index is -0.0703. The molecule has 2 N–H and O–H groups in total. The van der Waals surface area contributed by atoms with Crippen LogP contribution in [0.15, 0.2) is 47.1 Å². The number of carbonyl (C=O) groups excluding carboxylic acids is 1. The third-order valence-electron chi connectivity index (χ3n) is 4.19. The fraction of sp³-hybridized carbons (Fsp3) is 0.316. The van der Waals surface area contributed by atoms with Gasteiger partial charge in [0.1, 0.15) is 0 Å². The van der Waals surface area contributed by atoms with E-state index in [1.165, 1.54) is 5.56 Å². The summed E-state index contributed by atoms with van der Waals surface area (Å²) >= 11 is 0. The standard InChI is InChI=1S/C19H22N4O2/c1-2-17-16-12-15(13-21-18(16)25-22-17)19(24)23(11-9-20)10-8-14-6-4-3-5-7-14/h3-7,12-13H,2,8-11,20H2,1H3. The van der Waals surface area contributed by atoms with E-state index in [9.17, 15) is 4.79 Å². The maximum absolute atomic E-state index is 12.9. The molecule has 3 rings (SSSR count). The Balaban J connectivity index is 1.79. The van der Waals surface area contributed by atoms with Crippen molar-refractivity contribution in [2.24, 2.45) is 5.73 Å². The van der Waals surface area contributed by atoms with Gasteiger partial charge in [-0.2, -0.15) is 0 Å². The number of nitrogens with zero attached hydrogens (tertiary/aromatic N) is 3. The lowest BCUT2D eigenvalue weighted by Crippen LogP contribution is -2.37. The molecule has 0 saturated carbocycles. The maximum Gasteiger partial charge on any atom is 0.257 e. The Hall–Kier alpha value is -2.73. The van der Waals surface area contributed by atoms with Gasteiger partial charge in [-0.1, -0.05) is 42.4 Å². The number of carbonyl (C=O) groups is 1. The molecule has 0 aliphatic heterocycles. The van der Waals surface area contributed by atoms with E-state index >= 15 is 0 Å². The van der Waals surface area contributed by atoms with Crippen LogP contribution < -0.4 is 5.73 Å². The van der Waals surface area contributed by atoms with Crippen LogP contribution in [0, 0.1) is 0 Å². The minimum absolute atomic E-state index is 0.0703. The van der Waals surface area contributed by atoms with Crippen LogP contribution in [0.2, 0.25) is 0 Å². The van der Waals surface area contributed by atoms with Gasteiger partial charge in [0.25, 0.3) is 11.6 Å². The quantitative estimate of drug-likeness (QED) is 0.715. The Bertz CT molecular complexity index is 845. The average Bonchev–Trinajstić information content (AvgIpc) is 3.07. The molecule has 3 aromatic rings. The zero-order chi connectivity index (χ0) is 17.6. The van der Waals surface area contributed by atoms with E-state index in [1.54, 1.807) is 11.1 Å². The number of nitrogens with two attached hydrogens (primary N) is 1. The summed E-state index contributed by atoms with van der Waals surface area (Å²) in [4.78, 5) is 18.9. The molecule has 1 aromatic carbocycles. The number of aryl methyl sites for hydroxylation is 1. The summed E-state index contributed by atoms with van der Waals surface area (Å²) in [6, 6.07) is 11.9. The molecule has 0 radical (unpaired) electrons. The molecule has 0 spiro atoms. The molecule has 6 nitrogen and oxygen atoms in total. The van der Waals surface area contributed by atoms with Gasteiger partial charge in [-0.05, 0) is 24.5 Å². The largest absolute Gasteiger partial charge is 0.337 e. The number of pyridine rings is 1. The highest BCUT2D eigenvalue weighted by Crippen LogP contribution is 2.19. The van der Waals surface area contributed by atoms with Crippen molar-refractivity contribution in [2.45, 2.75) is 19.8 Å². The average molecular weight is 338 g/mol. The van der Waals surface area contributed by atoms with Crippen LogP contribution in [0.3, 0.4) is 0 Å². The van der Waals surface area contributed by atoms with Gasteiger partial charge in [-0.15, -0.1) is 0 Å². The predicted molar refractivity (Wildman–Crippen MR) is 96.3 cm³/mol. The number of benzene rings is 1. The summed E-state index contributed by atoms with van der Waals surface area (Å²) in [6.07, 6.45) is 3.06. The zero-order valence-electron chi connectivity index (χ0n) is 14.3. The van der Waals surface area contributed by atoms with Crippen molar-refractivity contribution in [2.75, 3.05) is 19.6 Å². The van der Waals surface area contributed by atoms with E-state index in [0.717, 1.165) is 23.9 Å². The summed E-state index contributed by atoms with van der Waals surface area (Å²) in [6.45, 7) is 3.53. The zero-order valence-corrected chi connectivity index (χ0v) is 14.3. The predicted octanol–water partition coefficient (Wildman–Crippen LogP) is 2.43. The van der Waals surface area contributed by atoms with Crippen molar-refractivity contribution >= 4 is 17.0 Å². The first-order valence-corrected chi connectivity index (χ1v) is 8.50. The lowest BCUT2D eigenvalue weighted by molar-refractivity contribution is 0.0762. The first-order valence-electron chi connectivity index (χ1n) is 8.50. The molecule has 130 valence electrons. The fourth-order valence-electron chi connectivity index (χ4n) is 2.81. The lowest BCUT2D eigenvalue weighted by atomic mass is 10.1. The summed E-state index contributed by atoms with van der Waals surface area (Å²) < 4.78 is 5.18. The molecule has 1 amide bonds. The van der Waals surface area contributed by atoms with Crippen LogP contribution in [-0.2, 0) is 12.8 Å². The van der Waals surface area contributed by atoms with Gasteiger partial charge in [0.2, 0.25) is 0 Å². The molecule has 0 atom stereocenters. The number of aromatic nitrogens is 2. The summed E-state index contributed by atoms with van der Waals surface area (Å²) in [7, 11) is 0. The first-order chi connectivity index (χ1) is 12.2. The van der Waals surface area contributed by atoms with Crippen molar-refractivity contribution < 1.29 is 9.32 Å². The molecule has 6 heteroatoms. The first kappa shape index (κ1) is 17.1. The van der Waals surface area contributed by atoms with Crippen molar-refractivity contribution in [1.82, 2.24) is 15.0 Å². The van der Waals surface area contributed by atoms with Crippen molar-refractivity contribution in [3.63, 3.8) is 0 Å². The van der Waals surface area contributed by atoms with Crippen LogP contribution in [-0.4, -0.2) is 40.6 Å². The number of hydrogen-bond acceptors (Lipinski definition) is 5. The summed E-state index contributed by atoms with van der Waals surface area (Å²) in [5.74, 6) is -0.0703. The van der Waals surface area contributed by atoms with Gasteiger partial charge in [-0.25, -0.2) is 4.98 Å². The van der Waals surface area contributed by atoms with Crippen LogP contribution >= 0.6 is 0 Å². The molecule has 0 saturated heterocycles. The van der Waals surface area contributed by atoms with Crippen LogP contribution in [0.1, 0.15) is 28.5 Å². The number of hydrogen-bond donors (Lipinski definition) is 1. The SMILES string of the molecule is CCc1noc2ncc(C(=O)N(CCN)CCc3ccccc3)cc12. The van der Waals surface area contributed by atoms with E-state index in [2.05, 4.69) is 22.3 Å². The third-order valence-corrected chi connectivity index (χ3v) is 4.19. The summed E-state index contributed by atoms with van der Waals surface area (Å²) in [5, 5.41) is 4.78. The minimum Gasteiger partial charge on any atom is -0.337 e. The van der Waals surface area contributed by atoms with Crippen molar-refractivity contribution in [3.05, 3.63) is 59.4 Å². The second kappa shape index (κ2) is 7.90. The highest BCUT2D eigenvalue weighted by atomic mass is 16.5. The Labute approximate surface area is 146 Å². The highest BCUT2D eigenvalue weighted by molar-refractivity contribution is 5.97. The maximum atomic E-state index is 12.9. The van der Waals surface area contributed by atoms with E-state index in [-0.39, 0.29) is 5.91 Å². The van der Waals surface area contributed by atoms with E-state index in [4.69, 9.17) is 10.3 Å². The topological polar surface area (TPSA) is 85.2 Å². The fourth-order valence-corrected chi connectivity index (χ4v) is 2.81. The van der Waals surface area contributed by atoms with Crippen LogP contribution in [0.4, 0.5) is 0 Å². The van der Waals surface area contributed by atoms with E-state index in [1.807, 2.05) is 31.2 Å². The molecule has 25 heavy (non-hydrogen) atoms. The Kier molecular flexibility index (Phi) is 5.40. The second-order valence-corrected chi connectivity index (χ2v) is 5.88. The van der Waals surface area contributed by atoms with Crippen molar-refractivity contribution in [1.29, 1.82) is 0 Å². The molecular weight excluding hydrogens is 316 g/mol. The molecule has 0 bridgehead atoms. The van der Waals surface area contributed by atoms with Gasteiger partial charge in [0, 0.05) is 25.8 Å². The smallest absolute Gasteiger partial charge is 0.257 e. The number of amides is 1. The monoisotopic (exact) mass is 338 g/mol. The molecule has 2 heterocycles. The van der Waals surface area contributed by atoms with Gasteiger partial charge < -0.3 is 15.2 Å². The molecule has 0 unspecified atom stereocenters. The summed E-state index contributed by atoms with van der Waals surface area (Å²) in [5.41, 5.74) is 8.70. The number of fused-ring (bicyclic) bond motifs is 1. The lowest BCUT2D eigenvalue weighted by Gasteiger charge is -2.22. The molecule has 2 aromatic heterocycles. The Morgan fingerprint density at radius 2 is 2.04 bits per heavy atom. The van der Waals surface area contributed by atoms with Crippen molar-refractivity contribution in [3.8, 4) is 0 Å². The Morgan fingerprint density at radius 1 is 1.24 bits per heavy atom. The van der Waals surface area contributed by atoms with Gasteiger partial charge >= 0.3 is 0 Å². The highest BCUT2D eigenvalue weighted by Gasteiger charge is 2.18. The van der Waals surface area contributed by atoms with Crippen LogP contribution in [0.5, 0.6) is 0 Å². The van der Waals surface area contributed by atoms with Gasteiger partial charge in [-0.3, -0.25) is 4.79 Å². The van der Waals surface area contributed by atoms with Crippen LogP contribution in [0.25, 0.3) is 11.1 Å². The molecule has 0 fully saturated rings. The van der Waals surface area contributed by atoms with E-state index in [0.29, 0.717) is 30.9 Å². The Morgan fingerprint density at radius 3 is 2.76 bits per heavy atom. The van der Waals surface area contributed by atoms with Gasteiger partial charge in [0.15, 0.2) is 0 Å².